The van der Waals surface area contributed by atoms with Crippen molar-refractivity contribution in [1.29, 1.82) is 0 Å². The predicted molar refractivity (Wildman–Crippen MR) is 105 cm³/mol. The van der Waals surface area contributed by atoms with Gasteiger partial charge in [-0.3, -0.25) is 9.78 Å². The van der Waals surface area contributed by atoms with Gasteiger partial charge in [-0.15, -0.1) is 0 Å². The van der Waals surface area contributed by atoms with Gasteiger partial charge in [-0.2, -0.15) is 0 Å². The van der Waals surface area contributed by atoms with Gasteiger partial charge >= 0.3 is 0 Å². The molecule has 0 saturated carbocycles. The average Bonchev–Trinajstić information content (AvgIpc) is 3.33. The van der Waals surface area contributed by atoms with E-state index in [4.69, 9.17) is 15.7 Å². The molecule has 0 spiro atoms. The number of nitrogen functional groups attached to an aromatic ring is 1. The van der Waals surface area contributed by atoms with Crippen LogP contribution in [0.4, 0.5) is 14.5 Å². The van der Waals surface area contributed by atoms with Gasteiger partial charge in [0.15, 0.2) is 0 Å². The lowest BCUT2D eigenvalue weighted by Crippen LogP contribution is -2.03. The second-order valence-electron chi connectivity index (χ2n) is 6.43. The highest BCUT2D eigenvalue weighted by atomic mass is 32.2. The minimum Gasteiger partial charge on any atom is -0.398 e. The molecule has 1 aromatic heterocycles. The molecule has 0 bridgehead atoms. The molecule has 1 unspecified atom stereocenters. The highest BCUT2D eigenvalue weighted by Gasteiger charge is 2.21. The molecular weight excluding hydrogens is 386 g/mol. The Morgan fingerprint density at radius 2 is 1.61 bits per heavy atom. The zero-order valence-electron chi connectivity index (χ0n) is 15.4. The van der Waals surface area contributed by atoms with Crippen molar-refractivity contribution in [1.82, 2.24) is 4.98 Å². The quantitative estimate of drug-likeness (QED) is 0.519. The number of alkyl halides is 2. The first-order chi connectivity index (χ1) is 13.4. The molecule has 28 heavy (non-hydrogen) atoms. The Balaban J connectivity index is 0.000000177. The summed E-state index contributed by atoms with van der Waals surface area (Å²) >= 11 is 0. The lowest BCUT2D eigenvalue weighted by molar-refractivity contribution is -0.106. The fourth-order valence-corrected chi connectivity index (χ4v) is 3.86. The Morgan fingerprint density at radius 3 is 2.00 bits per heavy atom. The van der Waals surface area contributed by atoms with E-state index in [2.05, 4.69) is 16.8 Å². The normalized spacial score (nSPS) is 14.9. The van der Waals surface area contributed by atoms with Crippen LogP contribution in [0.2, 0.25) is 0 Å². The van der Waals surface area contributed by atoms with E-state index >= 15 is 0 Å². The number of aryl methyl sites for hydroxylation is 2. The molecule has 2 aliphatic carbocycles. The number of benzene rings is 1. The fourth-order valence-electron chi connectivity index (χ4n) is 3.50. The third-order valence-electron chi connectivity index (χ3n) is 4.73. The van der Waals surface area contributed by atoms with E-state index in [1.165, 1.54) is 66.8 Å². The van der Waals surface area contributed by atoms with E-state index in [1.54, 1.807) is 0 Å². The van der Waals surface area contributed by atoms with E-state index in [1.807, 2.05) is 0 Å². The first kappa shape index (κ1) is 21.9. The number of hydrogen-bond donors (Lipinski definition) is 3. The van der Waals surface area contributed by atoms with Crippen LogP contribution in [0.25, 0.3) is 0 Å². The number of hydrogen-bond acceptors (Lipinski definition) is 4. The summed E-state index contributed by atoms with van der Waals surface area (Å²) in [6, 6.07) is 4.79. The topological polar surface area (TPSA) is 125 Å². The molecule has 152 valence electrons. The van der Waals surface area contributed by atoms with Crippen molar-refractivity contribution >= 4 is 23.1 Å². The van der Waals surface area contributed by atoms with Gasteiger partial charge < -0.3 is 11.5 Å². The maximum Gasteiger partial charge on any atom is 0.280 e. The Hall–Kier alpha value is -2.39. The largest absolute Gasteiger partial charge is 0.398 e. The van der Waals surface area contributed by atoms with Gasteiger partial charge in [-0.05, 0) is 72.9 Å². The summed E-state index contributed by atoms with van der Waals surface area (Å²) in [7, 11) is -1.66. The number of amides is 1. The number of fused-ring (bicyclic) bond motifs is 2. The van der Waals surface area contributed by atoms with Gasteiger partial charge in [-0.1, -0.05) is 6.07 Å². The van der Waals surface area contributed by atoms with Gasteiger partial charge in [0.25, 0.3) is 6.43 Å². The second kappa shape index (κ2) is 10.2. The van der Waals surface area contributed by atoms with Crippen LogP contribution in [0.3, 0.4) is 0 Å². The van der Waals surface area contributed by atoms with Crippen molar-refractivity contribution < 1.29 is 17.8 Å². The molecular formula is C19H24F2N4O2S. The van der Waals surface area contributed by atoms with E-state index in [0.29, 0.717) is 0 Å². The van der Waals surface area contributed by atoms with E-state index in [-0.39, 0.29) is 17.0 Å². The summed E-state index contributed by atoms with van der Waals surface area (Å²) in [4.78, 5) is 12.2. The van der Waals surface area contributed by atoms with Crippen molar-refractivity contribution in [3.8, 4) is 0 Å². The van der Waals surface area contributed by atoms with Crippen LogP contribution in [0, 0.1) is 0 Å². The third kappa shape index (κ3) is 5.32. The van der Waals surface area contributed by atoms with E-state index in [9.17, 15) is 13.0 Å². The average molecular weight is 410 g/mol. The van der Waals surface area contributed by atoms with E-state index < -0.39 is 17.4 Å². The zero-order valence-corrected chi connectivity index (χ0v) is 16.2. The maximum atomic E-state index is 11.9. The first-order valence-corrected chi connectivity index (χ1v) is 10.1. The number of aromatic nitrogens is 1. The molecule has 1 aromatic carbocycles. The second-order valence-corrected chi connectivity index (χ2v) is 7.49. The number of primary amides is 1. The van der Waals surface area contributed by atoms with Crippen molar-refractivity contribution in [3.63, 3.8) is 0 Å². The maximum absolute atomic E-state index is 11.9. The Bertz CT molecular complexity index is 813. The highest BCUT2D eigenvalue weighted by molar-refractivity contribution is 7.82. The van der Waals surface area contributed by atoms with Crippen LogP contribution in [-0.4, -0.2) is 15.6 Å². The molecule has 0 fully saturated rings. The number of anilines is 1. The third-order valence-corrected chi connectivity index (χ3v) is 5.44. The summed E-state index contributed by atoms with van der Waals surface area (Å²) in [6.45, 7) is 0. The van der Waals surface area contributed by atoms with Crippen molar-refractivity contribution in [2.24, 2.45) is 10.9 Å². The molecule has 9 heteroatoms. The Labute approximate surface area is 165 Å². The number of nitrogens with zero attached hydrogens (tertiary/aromatic N) is 1. The summed E-state index contributed by atoms with van der Waals surface area (Å²) < 4.78 is 34.4. The molecule has 6 nitrogen and oxygen atoms in total. The number of nitrogens with two attached hydrogens (primary N) is 3. The Kier molecular flexibility index (Phi) is 8.01. The van der Waals surface area contributed by atoms with Gasteiger partial charge in [-0.25, -0.2) is 18.1 Å². The van der Waals surface area contributed by atoms with Gasteiger partial charge in [0.1, 0.15) is 16.7 Å². The summed E-state index contributed by atoms with van der Waals surface area (Å²) in [6.07, 6.45) is 6.29. The van der Waals surface area contributed by atoms with Crippen LogP contribution in [0.1, 0.15) is 47.2 Å². The van der Waals surface area contributed by atoms with Crippen molar-refractivity contribution in [2.75, 3.05) is 5.73 Å². The van der Waals surface area contributed by atoms with Crippen LogP contribution in [-0.2, 0) is 41.5 Å². The number of pyridine rings is 1. The van der Waals surface area contributed by atoms with Crippen LogP contribution in [0.15, 0.2) is 29.3 Å². The highest BCUT2D eigenvalue weighted by Crippen LogP contribution is 2.36. The number of carbonyl (C=O) groups is 1. The van der Waals surface area contributed by atoms with Crippen LogP contribution >= 0.6 is 0 Å². The number of carbonyl (C=O) groups excluding carboxylic acids is 1. The number of rotatable bonds is 2. The molecule has 0 saturated heterocycles. The smallest absolute Gasteiger partial charge is 0.280 e. The SMILES string of the molecule is NC=O.NS(=O)c1ccc(C(F)F)nc1.Nc1c2c(cc3c1CCC3)CCC2. The molecule has 0 aliphatic heterocycles. The summed E-state index contributed by atoms with van der Waals surface area (Å²) in [5.41, 5.74) is 17.2. The molecule has 1 amide bonds. The summed E-state index contributed by atoms with van der Waals surface area (Å²) in [5, 5.41) is 4.98. The molecule has 6 N–H and O–H groups in total. The molecule has 2 aromatic rings. The van der Waals surface area contributed by atoms with Gasteiger partial charge in [0.05, 0.1) is 4.90 Å². The van der Waals surface area contributed by atoms with Crippen molar-refractivity contribution in [2.45, 2.75) is 49.8 Å². The fraction of sp³-hybridized carbons (Fsp3) is 0.368. The van der Waals surface area contributed by atoms with Crippen LogP contribution in [0.5, 0.6) is 0 Å². The van der Waals surface area contributed by atoms with E-state index in [0.717, 1.165) is 18.0 Å². The first-order valence-electron chi connectivity index (χ1n) is 8.86. The number of halogens is 2. The standard InChI is InChI=1S/C12H15N.C6H6F2N2OS.CH3NO/c13-12-10-5-1-3-8(10)7-9-4-2-6-11(9)12;7-6(8)5-2-1-4(3-10-5)12(9)11;2-1-3/h7H,1-6,13H2;1-3,6H,9H2;1H,(H2,2,3). The minimum atomic E-state index is -2.61. The molecule has 1 atom stereocenters. The summed E-state index contributed by atoms with van der Waals surface area (Å²) in [5.74, 6) is 0. The Morgan fingerprint density at radius 1 is 1.07 bits per heavy atom. The molecule has 2 aliphatic rings. The molecule has 0 radical (unpaired) electrons. The van der Waals surface area contributed by atoms with Gasteiger partial charge in [0.2, 0.25) is 6.41 Å². The molecule has 4 rings (SSSR count). The minimum absolute atomic E-state index is 0.236. The van der Waals surface area contributed by atoms with Crippen molar-refractivity contribution in [3.05, 3.63) is 52.3 Å². The predicted octanol–water partition coefficient (Wildman–Crippen LogP) is 2.35. The van der Waals surface area contributed by atoms with Crippen LogP contribution < -0.4 is 16.6 Å². The zero-order chi connectivity index (χ0) is 20.7. The lowest BCUT2D eigenvalue weighted by Gasteiger charge is -2.10. The molecule has 1 heterocycles. The monoisotopic (exact) mass is 410 g/mol. The lowest BCUT2D eigenvalue weighted by atomic mass is 9.99. The van der Waals surface area contributed by atoms with Gasteiger partial charge in [0, 0.05) is 11.9 Å².